The summed E-state index contributed by atoms with van der Waals surface area (Å²) in [7, 11) is 0. The van der Waals surface area contributed by atoms with E-state index in [4.69, 9.17) is 14.6 Å². The van der Waals surface area contributed by atoms with Crippen LogP contribution in [0.4, 0.5) is 4.39 Å². The molecule has 0 radical (unpaired) electrons. The zero-order valence-electron chi connectivity index (χ0n) is 10.2. The van der Waals surface area contributed by atoms with Crippen molar-refractivity contribution in [3.63, 3.8) is 0 Å². The Bertz CT molecular complexity index is 386. The van der Waals surface area contributed by atoms with E-state index in [0.717, 1.165) is 5.56 Å². The van der Waals surface area contributed by atoms with Crippen molar-refractivity contribution in [1.29, 1.82) is 0 Å². The fraction of sp³-hybridized carbons (Fsp3) is 0.538. The molecule has 0 spiro atoms. The summed E-state index contributed by atoms with van der Waals surface area (Å²) in [6.07, 6.45) is -7.36. The Morgan fingerprint density at radius 2 is 1.84 bits per heavy atom. The van der Waals surface area contributed by atoms with Gasteiger partial charge in [-0.15, -0.1) is 0 Å². The quantitative estimate of drug-likeness (QED) is 0.718. The zero-order chi connectivity index (χ0) is 13.8. The van der Waals surface area contributed by atoms with E-state index in [-0.39, 0.29) is 6.61 Å². The summed E-state index contributed by atoms with van der Waals surface area (Å²) >= 11 is 0. The maximum Gasteiger partial charge on any atom is 0.187 e. The predicted molar refractivity (Wildman–Crippen MR) is 63.9 cm³/mol. The first-order chi connectivity index (χ1) is 9.13. The van der Waals surface area contributed by atoms with Crippen LogP contribution in [-0.2, 0) is 16.1 Å². The van der Waals surface area contributed by atoms with Gasteiger partial charge in [-0.3, -0.25) is 0 Å². The number of hydrogen-bond donors (Lipinski definition) is 3. The lowest BCUT2D eigenvalue weighted by Crippen LogP contribution is -2.57. The van der Waals surface area contributed by atoms with Crippen molar-refractivity contribution < 1.29 is 29.2 Å². The molecular weight excluding hydrogens is 255 g/mol. The number of hydrogen-bond acceptors (Lipinski definition) is 5. The summed E-state index contributed by atoms with van der Waals surface area (Å²) in [5, 5.41) is 28.0. The van der Waals surface area contributed by atoms with Crippen LogP contribution in [0.25, 0.3) is 0 Å². The molecule has 1 aliphatic rings. The second-order valence-corrected chi connectivity index (χ2v) is 4.45. The van der Waals surface area contributed by atoms with Gasteiger partial charge in [-0.25, -0.2) is 4.39 Å². The highest BCUT2D eigenvalue weighted by atomic mass is 19.1. The second kappa shape index (κ2) is 6.40. The zero-order valence-corrected chi connectivity index (χ0v) is 10.2. The minimum Gasteiger partial charge on any atom is -0.394 e. The lowest BCUT2D eigenvalue weighted by molar-refractivity contribution is -0.293. The van der Waals surface area contributed by atoms with Crippen LogP contribution in [0.2, 0.25) is 0 Å². The van der Waals surface area contributed by atoms with Crippen molar-refractivity contribution in [2.75, 3.05) is 6.61 Å². The molecule has 0 bridgehead atoms. The highest BCUT2D eigenvalue weighted by Gasteiger charge is 2.45. The Morgan fingerprint density at radius 1 is 1.16 bits per heavy atom. The highest BCUT2D eigenvalue weighted by molar-refractivity contribution is 5.13. The first-order valence-electron chi connectivity index (χ1n) is 6.05. The number of aliphatic hydroxyl groups excluding tert-OH is 3. The molecule has 6 heteroatoms. The van der Waals surface area contributed by atoms with Gasteiger partial charge >= 0.3 is 0 Å². The molecule has 19 heavy (non-hydrogen) atoms. The van der Waals surface area contributed by atoms with Gasteiger partial charge in [-0.2, -0.15) is 0 Å². The van der Waals surface area contributed by atoms with Crippen LogP contribution >= 0.6 is 0 Å². The molecular formula is C13H17FO5. The molecule has 1 fully saturated rings. The Morgan fingerprint density at radius 3 is 2.47 bits per heavy atom. The third kappa shape index (κ3) is 3.29. The Hall–Kier alpha value is -1.05. The van der Waals surface area contributed by atoms with E-state index in [0.29, 0.717) is 0 Å². The van der Waals surface area contributed by atoms with Gasteiger partial charge in [-0.1, -0.05) is 30.3 Å². The van der Waals surface area contributed by atoms with Crippen molar-refractivity contribution in [3.05, 3.63) is 35.9 Å². The first kappa shape index (κ1) is 14.4. The number of rotatable bonds is 4. The predicted octanol–water partition coefficient (Wildman–Crippen LogP) is -0.0197. The summed E-state index contributed by atoms with van der Waals surface area (Å²) in [6.45, 7) is -0.400. The Balaban J connectivity index is 1.95. The molecule has 0 aliphatic carbocycles. The van der Waals surface area contributed by atoms with E-state index < -0.39 is 37.4 Å². The molecule has 106 valence electrons. The van der Waals surface area contributed by atoms with Crippen LogP contribution in [0.5, 0.6) is 0 Å². The summed E-state index contributed by atoms with van der Waals surface area (Å²) in [5.74, 6) is 0. The topological polar surface area (TPSA) is 79.2 Å². The Labute approximate surface area is 110 Å². The van der Waals surface area contributed by atoms with Crippen molar-refractivity contribution in [3.8, 4) is 0 Å². The summed E-state index contributed by atoms with van der Waals surface area (Å²) in [6, 6.07) is 9.15. The lowest BCUT2D eigenvalue weighted by atomic mass is 10.0. The van der Waals surface area contributed by atoms with Gasteiger partial charge in [0, 0.05) is 0 Å². The van der Waals surface area contributed by atoms with Gasteiger partial charge in [0.05, 0.1) is 13.2 Å². The fourth-order valence-electron chi connectivity index (χ4n) is 1.93. The molecule has 5 atom stereocenters. The van der Waals surface area contributed by atoms with E-state index >= 15 is 0 Å². The average molecular weight is 272 g/mol. The van der Waals surface area contributed by atoms with Gasteiger partial charge in [0.2, 0.25) is 0 Å². The normalized spacial score (nSPS) is 35.3. The minimum atomic E-state index is -1.91. The van der Waals surface area contributed by atoms with Crippen LogP contribution in [0.3, 0.4) is 0 Å². The summed E-state index contributed by atoms with van der Waals surface area (Å²) < 4.78 is 24.1. The molecule has 1 aliphatic heterocycles. The van der Waals surface area contributed by atoms with Crippen LogP contribution in [0.15, 0.2) is 30.3 Å². The fourth-order valence-corrected chi connectivity index (χ4v) is 1.93. The van der Waals surface area contributed by atoms with Crippen molar-refractivity contribution >= 4 is 0 Å². The lowest BCUT2D eigenvalue weighted by Gasteiger charge is -2.38. The number of benzene rings is 1. The molecule has 2 rings (SSSR count). The molecule has 0 aromatic heterocycles. The van der Waals surface area contributed by atoms with Crippen LogP contribution < -0.4 is 0 Å². The molecule has 1 aromatic carbocycles. The number of alkyl halides is 1. The molecule has 5 nitrogen and oxygen atoms in total. The standard InChI is InChI=1S/C13H17FO5/c14-10-11(16)9(6-15)19-13(12(10)17)18-7-8-4-2-1-3-5-8/h1-5,9-13,15-17H,6-7H2/t9-,10-,11-,12-,13-/m1/s1. The van der Waals surface area contributed by atoms with Gasteiger partial charge in [-0.05, 0) is 5.56 Å². The molecule has 1 heterocycles. The average Bonchev–Trinajstić information content (AvgIpc) is 2.45. The molecule has 0 amide bonds. The molecule has 0 saturated carbocycles. The maximum absolute atomic E-state index is 13.6. The highest BCUT2D eigenvalue weighted by Crippen LogP contribution is 2.24. The SMILES string of the molecule is OC[C@H]1O[C@@H](OCc2ccccc2)[C@H](O)[C@H](F)[C@@H]1O. The molecule has 3 N–H and O–H groups in total. The third-order valence-electron chi connectivity index (χ3n) is 3.06. The van der Waals surface area contributed by atoms with Crippen molar-refractivity contribution in [2.45, 2.75) is 37.4 Å². The van der Waals surface area contributed by atoms with Gasteiger partial charge < -0.3 is 24.8 Å². The van der Waals surface area contributed by atoms with Crippen molar-refractivity contribution in [2.24, 2.45) is 0 Å². The molecule has 1 aromatic rings. The smallest absolute Gasteiger partial charge is 0.187 e. The number of aliphatic hydroxyl groups is 3. The first-order valence-corrected chi connectivity index (χ1v) is 6.05. The van der Waals surface area contributed by atoms with Crippen LogP contribution in [0.1, 0.15) is 5.56 Å². The van der Waals surface area contributed by atoms with E-state index in [9.17, 15) is 14.6 Å². The van der Waals surface area contributed by atoms with Crippen LogP contribution in [0, 0.1) is 0 Å². The van der Waals surface area contributed by atoms with E-state index in [1.165, 1.54) is 0 Å². The van der Waals surface area contributed by atoms with E-state index in [1.807, 2.05) is 30.3 Å². The van der Waals surface area contributed by atoms with Gasteiger partial charge in [0.25, 0.3) is 0 Å². The second-order valence-electron chi connectivity index (χ2n) is 4.45. The molecule has 0 unspecified atom stereocenters. The number of ether oxygens (including phenoxy) is 2. The van der Waals surface area contributed by atoms with Crippen LogP contribution in [-0.4, -0.2) is 52.7 Å². The summed E-state index contributed by atoms with van der Waals surface area (Å²) in [4.78, 5) is 0. The largest absolute Gasteiger partial charge is 0.394 e. The van der Waals surface area contributed by atoms with Gasteiger partial charge in [0.15, 0.2) is 12.5 Å². The number of halogens is 1. The van der Waals surface area contributed by atoms with E-state index in [2.05, 4.69) is 0 Å². The summed E-state index contributed by atoms with van der Waals surface area (Å²) in [5.41, 5.74) is 0.848. The molecule has 1 saturated heterocycles. The van der Waals surface area contributed by atoms with Gasteiger partial charge in [0.1, 0.15) is 18.3 Å². The van der Waals surface area contributed by atoms with E-state index in [1.54, 1.807) is 0 Å². The Kier molecular flexibility index (Phi) is 4.84. The minimum absolute atomic E-state index is 0.142. The monoisotopic (exact) mass is 272 g/mol. The van der Waals surface area contributed by atoms with Crippen molar-refractivity contribution in [1.82, 2.24) is 0 Å². The maximum atomic E-state index is 13.6. The third-order valence-corrected chi connectivity index (χ3v) is 3.06.